The molecule has 0 atom stereocenters. The number of rotatable bonds is 4. The maximum atomic E-state index is 10.4. The van der Waals surface area contributed by atoms with Crippen LogP contribution in [0.2, 0.25) is 0 Å². The van der Waals surface area contributed by atoms with Crippen molar-refractivity contribution in [1.29, 1.82) is 5.26 Å². The van der Waals surface area contributed by atoms with Crippen LogP contribution in [0.3, 0.4) is 0 Å². The number of ether oxygens (including phenoxy) is 1. The molecule has 6 nitrogen and oxygen atoms in total. The Morgan fingerprint density at radius 1 is 1.56 bits per heavy atom. The highest BCUT2D eigenvalue weighted by Crippen LogP contribution is 2.19. The van der Waals surface area contributed by atoms with Gasteiger partial charge in [-0.2, -0.15) is 10.4 Å². The van der Waals surface area contributed by atoms with E-state index >= 15 is 0 Å². The van der Waals surface area contributed by atoms with E-state index in [-0.39, 0.29) is 0 Å². The summed E-state index contributed by atoms with van der Waals surface area (Å²) in [5.74, 6) is 0.970. The minimum atomic E-state index is 0.313. The molecule has 0 saturated heterocycles. The van der Waals surface area contributed by atoms with E-state index in [1.54, 1.807) is 18.5 Å². The monoisotopic (exact) mass is 242 g/mol. The zero-order valence-electron chi connectivity index (χ0n) is 9.70. The van der Waals surface area contributed by atoms with Gasteiger partial charge in [0.05, 0.1) is 19.5 Å². The molecule has 0 aliphatic rings. The van der Waals surface area contributed by atoms with Gasteiger partial charge in [-0.05, 0) is 5.56 Å². The quantitative estimate of drug-likeness (QED) is 0.744. The zero-order valence-corrected chi connectivity index (χ0v) is 9.70. The molecule has 0 N–H and O–H groups in total. The Morgan fingerprint density at radius 3 is 3.06 bits per heavy atom. The smallest absolute Gasteiger partial charge is 0.157 e. The summed E-state index contributed by atoms with van der Waals surface area (Å²) in [4.78, 5) is 14.5. The highest BCUT2D eigenvalue weighted by atomic mass is 16.5. The number of pyridine rings is 1. The molecule has 0 aliphatic carbocycles. The van der Waals surface area contributed by atoms with Crippen molar-refractivity contribution in [2.24, 2.45) is 0 Å². The number of methoxy groups -OCH3 is 1. The molecule has 0 amide bonds. The maximum absolute atomic E-state index is 10.4. The summed E-state index contributed by atoms with van der Waals surface area (Å²) >= 11 is 0. The molecule has 0 aromatic carbocycles. The van der Waals surface area contributed by atoms with Crippen molar-refractivity contribution in [3.63, 3.8) is 0 Å². The van der Waals surface area contributed by atoms with Gasteiger partial charge in [0.15, 0.2) is 5.82 Å². The fraction of sp³-hybridized carbons (Fsp3) is 0.167. The van der Waals surface area contributed by atoms with Crippen LogP contribution >= 0.6 is 0 Å². The summed E-state index contributed by atoms with van der Waals surface area (Å²) in [5.41, 5.74) is 1.16. The normalized spacial score (nSPS) is 9.78. The van der Waals surface area contributed by atoms with Crippen molar-refractivity contribution in [3.8, 4) is 17.6 Å². The second kappa shape index (κ2) is 5.10. The topological polar surface area (TPSA) is 80.8 Å². The van der Waals surface area contributed by atoms with Gasteiger partial charge in [0.25, 0.3) is 0 Å². The molecule has 18 heavy (non-hydrogen) atoms. The second-order valence-corrected chi connectivity index (χ2v) is 3.52. The first-order valence-electron chi connectivity index (χ1n) is 5.20. The summed E-state index contributed by atoms with van der Waals surface area (Å²) in [6, 6.07) is 3.61. The van der Waals surface area contributed by atoms with Crippen LogP contribution < -0.4 is 4.74 Å². The third kappa shape index (κ3) is 2.20. The minimum absolute atomic E-state index is 0.313. The highest BCUT2D eigenvalue weighted by molar-refractivity contribution is 5.54. The van der Waals surface area contributed by atoms with E-state index in [0.717, 1.165) is 11.8 Å². The van der Waals surface area contributed by atoms with Crippen molar-refractivity contribution in [2.75, 3.05) is 7.11 Å². The SMILES string of the molecule is COc1cc(-n2cc(CC=O)cn2)ncc1C#N. The summed E-state index contributed by atoms with van der Waals surface area (Å²) in [7, 11) is 1.49. The molecule has 0 bridgehead atoms. The molecule has 2 heterocycles. The molecule has 0 spiro atoms. The van der Waals surface area contributed by atoms with Gasteiger partial charge in [-0.15, -0.1) is 0 Å². The Balaban J connectivity index is 2.38. The summed E-state index contributed by atoms with van der Waals surface area (Å²) < 4.78 is 6.62. The molecule has 0 radical (unpaired) electrons. The van der Waals surface area contributed by atoms with Crippen LogP contribution in [0.1, 0.15) is 11.1 Å². The lowest BCUT2D eigenvalue weighted by Gasteiger charge is -2.05. The molecule has 0 unspecified atom stereocenters. The first-order chi connectivity index (χ1) is 8.78. The molecule has 0 saturated carbocycles. The van der Waals surface area contributed by atoms with E-state index in [1.807, 2.05) is 6.07 Å². The van der Waals surface area contributed by atoms with Crippen LogP contribution in [0.25, 0.3) is 5.82 Å². The van der Waals surface area contributed by atoms with E-state index < -0.39 is 0 Å². The maximum Gasteiger partial charge on any atom is 0.157 e. The van der Waals surface area contributed by atoms with Crippen molar-refractivity contribution in [1.82, 2.24) is 14.8 Å². The predicted molar refractivity (Wildman–Crippen MR) is 62.4 cm³/mol. The fourth-order valence-corrected chi connectivity index (χ4v) is 1.49. The second-order valence-electron chi connectivity index (χ2n) is 3.52. The van der Waals surface area contributed by atoms with Crippen LogP contribution in [0.4, 0.5) is 0 Å². The Labute approximate surface area is 103 Å². The van der Waals surface area contributed by atoms with Crippen molar-refractivity contribution >= 4 is 6.29 Å². The number of aromatic nitrogens is 3. The van der Waals surface area contributed by atoms with E-state index in [9.17, 15) is 4.79 Å². The molecule has 2 aromatic heterocycles. The van der Waals surface area contributed by atoms with Gasteiger partial charge in [-0.3, -0.25) is 0 Å². The van der Waals surface area contributed by atoms with E-state index in [4.69, 9.17) is 10.00 Å². The lowest BCUT2D eigenvalue weighted by molar-refractivity contribution is -0.107. The average molecular weight is 242 g/mol. The molecule has 90 valence electrons. The van der Waals surface area contributed by atoms with Crippen molar-refractivity contribution in [2.45, 2.75) is 6.42 Å². The summed E-state index contributed by atoms with van der Waals surface area (Å²) in [6.45, 7) is 0. The zero-order chi connectivity index (χ0) is 13.0. The number of nitrogens with zero attached hydrogens (tertiary/aromatic N) is 4. The standard InChI is InChI=1S/C12H10N4O2/c1-18-11-4-12(14-7-10(11)5-13)16-8-9(2-3-17)6-15-16/h3-4,6-8H,2H2,1H3. The molecule has 6 heteroatoms. The number of hydrogen-bond acceptors (Lipinski definition) is 5. The van der Waals surface area contributed by atoms with Crippen LogP contribution in [0.15, 0.2) is 24.7 Å². The molecule has 2 rings (SSSR count). The first-order valence-corrected chi connectivity index (χ1v) is 5.20. The first kappa shape index (κ1) is 11.8. The molecular weight excluding hydrogens is 232 g/mol. The van der Waals surface area contributed by atoms with E-state index in [2.05, 4.69) is 10.1 Å². The van der Waals surface area contributed by atoms with Crippen LogP contribution in [0.5, 0.6) is 5.75 Å². The van der Waals surface area contributed by atoms with Gasteiger partial charge >= 0.3 is 0 Å². The average Bonchev–Trinajstić information content (AvgIpc) is 2.87. The highest BCUT2D eigenvalue weighted by Gasteiger charge is 2.07. The molecular formula is C12H10N4O2. The third-order valence-electron chi connectivity index (χ3n) is 2.38. The minimum Gasteiger partial charge on any atom is -0.495 e. The van der Waals surface area contributed by atoms with Crippen LogP contribution in [-0.4, -0.2) is 28.2 Å². The lowest BCUT2D eigenvalue weighted by atomic mass is 10.2. The summed E-state index contributed by atoms with van der Waals surface area (Å²) in [5, 5.41) is 12.9. The number of hydrogen-bond donors (Lipinski definition) is 0. The number of nitriles is 1. The summed E-state index contributed by atoms with van der Waals surface area (Å²) in [6.07, 6.45) is 5.86. The van der Waals surface area contributed by atoms with Gasteiger partial charge in [0.2, 0.25) is 0 Å². The fourth-order valence-electron chi connectivity index (χ4n) is 1.49. The van der Waals surface area contributed by atoms with Gasteiger partial charge < -0.3 is 9.53 Å². The molecule has 0 fully saturated rings. The van der Waals surface area contributed by atoms with Gasteiger partial charge in [0.1, 0.15) is 23.7 Å². The number of carbonyl (C=O) groups is 1. The largest absolute Gasteiger partial charge is 0.495 e. The van der Waals surface area contributed by atoms with E-state index in [1.165, 1.54) is 18.0 Å². The molecule has 0 aliphatic heterocycles. The Morgan fingerprint density at radius 2 is 2.39 bits per heavy atom. The molecule has 2 aromatic rings. The number of aldehydes is 1. The van der Waals surface area contributed by atoms with Crippen molar-refractivity contribution < 1.29 is 9.53 Å². The third-order valence-corrected chi connectivity index (χ3v) is 2.38. The van der Waals surface area contributed by atoms with Crippen LogP contribution in [0, 0.1) is 11.3 Å². The lowest BCUT2D eigenvalue weighted by Crippen LogP contribution is -2.00. The van der Waals surface area contributed by atoms with Gasteiger partial charge in [-0.1, -0.05) is 0 Å². The van der Waals surface area contributed by atoms with Crippen molar-refractivity contribution in [3.05, 3.63) is 35.8 Å². The number of carbonyl (C=O) groups excluding carboxylic acids is 1. The Kier molecular flexibility index (Phi) is 3.34. The van der Waals surface area contributed by atoms with Gasteiger partial charge in [-0.25, -0.2) is 9.67 Å². The Hall–Kier alpha value is -2.68. The Bertz CT molecular complexity index is 613. The van der Waals surface area contributed by atoms with Crippen LogP contribution in [-0.2, 0) is 11.2 Å². The van der Waals surface area contributed by atoms with Gasteiger partial charge in [0, 0.05) is 18.7 Å². The van der Waals surface area contributed by atoms with E-state index in [0.29, 0.717) is 23.6 Å². The predicted octanol–water partition coefficient (Wildman–Crippen LogP) is 0.889.